The SMILES string of the molecule is OC1(CN2CCCCC2)CCN(CCCc2ccccc2)C1. The third-order valence-corrected chi connectivity index (χ3v) is 5.16. The summed E-state index contributed by atoms with van der Waals surface area (Å²) in [4.78, 5) is 4.92. The fraction of sp³-hybridized carbons (Fsp3) is 0.684. The van der Waals surface area contributed by atoms with Gasteiger partial charge in [-0.15, -0.1) is 0 Å². The fourth-order valence-corrected chi connectivity index (χ4v) is 3.95. The van der Waals surface area contributed by atoms with Gasteiger partial charge in [0.15, 0.2) is 0 Å². The molecule has 1 atom stereocenters. The molecule has 0 spiro atoms. The van der Waals surface area contributed by atoms with Crippen LogP contribution in [0.3, 0.4) is 0 Å². The van der Waals surface area contributed by atoms with E-state index < -0.39 is 5.60 Å². The van der Waals surface area contributed by atoms with Gasteiger partial charge in [0.1, 0.15) is 0 Å². The molecule has 0 bridgehead atoms. The molecule has 1 N–H and O–H groups in total. The Morgan fingerprint density at radius 2 is 1.73 bits per heavy atom. The number of hydrogen-bond donors (Lipinski definition) is 1. The third-order valence-electron chi connectivity index (χ3n) is 5.16. The van der Waals surface area contributed by atoms with Gasteiger partial charge in [0.25, 0.3) is 0 Å². The van der Waals surface area contributed by atoms with Crippen molar-refractivity contribution in [2.75, 3.05) is 39.3 Å². The van der Waals surface area contributed by atoms with Gasteiger partial charge in [-0.2, -0.15) is 0 Å². The molecule has 2 aliphatic heterocycles. The van der Waals surface area contributed by atoms with Gasteiger partial charge in [-0.05, 0) is 57.3 Å². The molecule has 1 aromatic carbocycles. The van der Waals surface area contributed by atoms with Crippen molar-refractivity contribution in [1.29, 1.82) is 0 Å². The van der Waals surface area contributed by atoms with E-state index in [1.165, 1.54) is 44.3 Å². The van der Waals surface area contributed by atoms with Crippen LogP contribution in [0, 0.1) is 0 Å². The molecule has 0 saturated carbocycles. The second kappa shape index (κ2) is 7.58. The average Bonchev–Trinajstić information content (AvgIpc) is 2.90. The molecule has 0 radical (unpaired) electrons. The molecular formula is C19H30N2O. The normalized spacial score (nSPS) is 27.3. The van der Waals surface area contributed by atoms with Crippen LogP contribution in [-0.4, -0.2) is 59.8 Å². The highest BCUT2D eigenvalue weighted by molar-refractivity contribution is 5.14. The van der Waals surface area contributed by atoms with E-state index in [2.05, 4.69) is 40.1 Å². The minimum atomic E-state index is -0.468. The molecular weight excluding hydrogens is 272 g/mol. The summed E-state index contributed by atoms with van der Waals surface area (Å²) in [5, 5.41) is 10.8. The molecule has 0 aromatic heterocycles. The Bertz CT molecular complexity index is 444. The molecule has 0 amide bonds. The first-order chi connectivity index (χ1) is 10.7. The van der Waals surface area contributed by atoms with E-state index in [4.69, 9.17) is 0 Å². The zero-order valence-electron chi connectivity index (χ0n) is 13.7. The maximum atomic E-state index is 10.8. The van der Waals surface area contributed by atoms with Crippen LogP contribution in [0.2, 0.25) is 0 Å². The van der Waals surface area contributed by atoms with E-state index in [1.54, 1.807) is 0 Å². The molecule has 122 valence electrons. The van der Waals surface area contributed by atoms with Gasteiger partial charge in [-0.25, -0.2) is 0 Å². The Balaban J connectivity index is 1.39. The number of nitrogens with zero attached hydrogens (tertiary/aromatic N) is 2. The summed E-state index contributed by atoms with van der Waals surface area (Å²) in [5.74, 6) is 0. The maximum Gasteiger partial charge on any atom is 0.0912 e. The number of aliphatic hydroxyl groups is 1. The molecule has 3 nitrogen and oxygen atoms in total. The first-order valence-electron chi connectivity index (χ1n) is 8.95. The predicted molar refractivity (Wildman–Crippen MR) is 91.1 cm³/mol. The van der Waals surface area contributed by atoms with Gasteiger partial charge < -0.3 is 14.9 Å². The lowest BCUT2D eigenvalue weighted by Crippen LogP contribution is -2.46. The molecule has 2 heterocycles. The highest BCUT2D eigenvalue weighted by Gasteiger charge is 2.37. The number of aryl methyl sites for hydroxylation is 1. The smallest absolute Gasteiger partial charge is 0.0912 e. The zero-order chi connectivity index (χ0) is 15.3. The summed E-state index contributed by atoms with van der Waals surface area (Å²) < 4.78 is 0. The van der Waals surface area contributed by atoms with Gasteiger partial charge in [0.2, 0.25) is 0 Å². The lowest BCUT2D eigenvalue weighted by atomic mass is 10.0. The quantitative estimate of drug-likeness (QED) is 0.875. The van der Waals surface area contributed by atoms with Crippen molar-refractivity contribution >= 4 is 0 Å². The van der Waals surface area contributed by atoms with Crippen molar-refractivity contribution in [1.82, 2.24) is 9.80 Å². The summed E-state index contributed by atoms with van der Waals surface area (Å²) in [5.41, 5.74) is 0.953. The Morgan fingerprint density at radius 1 is 0.955 bits per heavy atom. The Kier molecular flexibility index (Phi) is 5.51. The monoisotopic (exact) mass is 302 g/mol. The molecule has 3 rings (SSSR count). The second-order valence-corrected chi connectivity index (χ2v) is 7.18. The third kappa shape index (κ3) is 4.55. The van der Waals surface area contributed by atoms with Gasteiger partial charge in [0, 0.05) is 19.6 Å². The number of piperidine rings is 1. The number of rotatable bonds is 6. The van der Waals surface area contributed by atoms with Crippen LogP contribution in [0.15, 0.2) is 30.3 Å². The van der Waals surface area contributed by atoms with Crippen LogP contribution in [0.1, 0.15) is 37.7 Å². The molecule has 2 fully saturated rings. The van der Waals surface area contributed by atoms with Crippen molar-refractivity contribution in [3.8, 4) is 0 Å². The highest BCUT2D eigenvalue weighted by atomic mass is 16.3. The largest absolute Gasteiger partial charge is 0.387 e. The first-order valence-corrected chi connectivity index (χ1v) is 8.95. The van der Waals surface area contributed by atoms with Crippen LogP contribution in [0.25, 0.3) is 0 Å². The molecule has 0 aliphatic carbocycles. The lowest BCUT2D eigenvalue weighted by Gasteiger charge is -2.33. The summed E-state index contributed by atoms with van der Waals surface area (Å²) in [7, 11) is 0. The van der Waals surface area contributed by atoms with Crippen LogP contribution in [0.5, 0.6) is 0 Å². The second-order valence-electron chi connectivity index (χ2n) is 7.18. The summed E-state index contributed by atoms with van der Waals surface area (Å²) in [6, 6.07) is 10.7. The maximum absolute atomic E-state index is 10.8. The lowest BCUT2D eigenvalue weighted by molar-refractivity contribution is 0.00686. The van der Waals surface area contributed by atoms with E-state index in [0.29, 0.717) is 0 Å². The molecule has 2 saturated heterocycles. The van der Waals surface area contributed by atoms with E-state index in [1.807, 2.05) is 0 Å². The molecule has 2 aliphatic rings. The highest BCUT2D eigenvalue weighted by Crippen LogP contribution is 2.24. The van der Waals surface area contributed by atoms with Crippen LogP contribution < -0.4 is 0 Å². The van der Waals surface area contributed by atoms with E-state index in [-0.39, 0.29) is 0 Å². The minimum absolute atomic E-state index is 0.468. The number of likely N-dealkylation sites (tertiary alicyclic amines) is 2. The van der Waals surface area contributed by atoms with Gasteiger partial charge in [-0.1, -0.05) is 36.8 Å². The van der Waals surface area contributed by atoms with Crippen molar-refractivity contribution in [3.05, 3.63) is 35.9 Å². The topological polar surface area (TPSA) is 26.7 Å². The standard InChI is InChI=1S/C19H30N2O/c22-19(16-20-12-5-2-6-13-20)11-15-21(17-19)14-7-10-18-8-3-1-4-9-18/h1,3-4,8-9,22H,2,5-7,10-17H2. The minimum Gasteiger partial charge on any atom is -0.387 e. The van der Waals surface area contributed by atoms with Crippen molar-refractivity contribution in [2.45, 2.75) is 44.1 Å². The van der Waals surface area contributed by atoms with Crippen LogP contribution >= 0.6 is 0 Å². The Hall–Kier alpha value is -0.900. The summed E-state index contributed by atoms with van der Waals surface area (Å²) in [6.07, 6.45) is 7.23. The molecule has 1 aromatic rings. The average molecular weight is 302 g/mol. The Morgan fingerprint density at radius 3 is 2.50 bits per heavy atom. The van der Waals surface area contributed by atoms with Gasteiger partial charge in [-0.3, -0.25) is 0 Å². The van der Waals surface area contributed by atoms with Crippen molar-refractivity contribution < 1.29 is 5.11 Å². The zero-order valence-corrected chi connectivity index (χ0v) is 13.7. The summed E-state index contributed by atoms with van der Waals surface area (Å²) >= 11 is 0. The van der Waals surface area contributed by atoms with Crippen LogP contribution in [0.4, 0.5) is 0 Å². The number of hydrogen-bond acceptors (Lipinski definition) is 3. The number of β-amino-alcohol motifs (C(OH)–C–C–N with tert-alkyl or cyclic N) is 1. The van der Waals surface area contributed by atoms with E-state index >= 15 is 0 Å². The first kappa shape index (κ1) is 16.0. The predicted octanol–water partition coefficient (Wildman–Crippen LogP) is 2.54. The summed E-state index contributed by atoms with van der Waals surface area (Å²) in [6.45, 7) is 6.25. The molecule has 1 unspecified atom stereocenters. The molecule has 22 heavy (non-hydrogen) atoms. The molecule has 3 heteroatoms. The Labute approximate surface area is 134 Å². The van der Waals surface area contributed by atoms with E-state index in [9.17, 15) is 5.11 Å². The van der Waals surface area contributed by atoms with Gasteiger partial charge in [0.05, 0.1) is 5.60 Å². The van der Waals surface area contributed by atoms with Gasteiger partial charge >= 0.3 is 0 Å². The number of benzene rings is 1. The van der Waals surface area contributed by atoms with Crippen molar-refractivity contribution in [3.63, 3.8) is 0 Å². The van der Waals surface area contributed by atoms with Crippen molar-refractivity contribution in [2.24, 2.45) is 0 Å². The fourth-order valence-electron chi connectivity index (χ4n) is 3.95. The van der Waals surface area contributed by atoms with Crippen LogP contribution in [-0.2, 0) is 6.42 Å². The van der Waals surface area contributed by atoms with E-state index in [0.717, 1.165) is 39.0 Å².